The van der Waals surface area contributed by atoms with E-state index in [4.69, 9.17) is 4.74 Å². The van der Waals surface area contributed by atoms with Crippen molar-refractivity contribution in [3.05, 3.63) is 36.2 Å². The van der Waals surface area contributed by atoms with Gasteiger partial charge in [-0.15, -0.1) is 0 Å². The highest BCUT2D eigenvalue weighted by molar-refractivity contribution is 5.78. The summed E-state index contributed by atoms with van der Waals surface area (Å²) in [7, 11) is 1.85. The van der Waals surface area contributed by atoms with Crippen molar-refractivity contribution in [1.29, 1.82) is 0 Å². The second-order valence-corrected chi connectivity index (χ2v) is 6.59. The van der Waals surface area contributed by atoms with Gasteiger partial charge < -0.3 is 15.0 Å². The number of carbonyl (C=O) groups excluding carboxylic acids is 1. The molecule has 6 nitrogen and oxygen atoms in total. The third-order valence-corrected chi connectivity index (χ3v) is 4.69. The molecule has 1 fully saturated rings. The van der Waals surface area contributed by atoms with Gasteiger partial charge >= 0.3 is 0 Å². The topological polar surface area (TPSA) is 70.2 Å². The summed E-state index contributed by atoms with van der Waals surface area (Å²) < 4.78 is 5.85. The molecule has 1 aromatic carbocycles. The van der Waals surface area contributed by atoms with Gasteiger partial charge in [-0.1, -0.05) is 12.1 Å². The maximum Gasteiger partial charge on any atom is 0.226 e. The number of piperidine rings is 1. The zero-order valence-corrected chi connectivity index (χ0v) is 14.9. The molecule has 134 valence electrons. The molecule has 1 amide bonds. The number of ether oxygens (including phenoxy) is 1. The number of hydrogen-bond acceptors (Lipinski definition) is 4. The monoisotopic (exact) mass is 342 g/mol. The molecule has 3 rings (SSSR count). The smallest absolute Gasteiger partial charge is 0.226 e. The normalized spacial score (nSPS) is 17.3. The van der Waals surface area contributed by atoms with Crippen LogP contribution in [-0.4, -0.2) is 54.3 Å². The molecule has 25 heavy (non-hydrogen) atoms. The second kappa shape index (κ2) is 8.16. The first-order valence-corrected chi connectivity index (χ1v) is 8.84. The van der Waals surface area contributed by atoms with Crippen molar-refractivity contribution in [2.45, 2.75) is 19.8 Å². The first-order chi connectivity index (χ1) is 12.1. The average molecular weight is 342 g/mol. The van der Waals surface area contributed by atoms with Crippen LogP contribution in [0, 0.1) is 12.8 Å². The maximum atomic E-state index is 12.4. The minimum atomic E-state index is 0.103. The fraction of sp³-hybridized carbons (Fsp3) is 0.474. The summed E-state index contributed by atoms with van der Waals surface area (Å²) in [5, 5.41) is 10.3. The molecule has 1 atom stereocenters. The summed E-state index contributed by atoms with van der Waals surface area (Å²) >= 11 is 0. The van der Waals surface area contributed by atoms with Gasteiger partial charge in [0.15, 0.2) is 0 Å². The van der Waals surface area contributed by atoms with Crippen molar-refractivity contribution >= 4 is 5.91 Å². The Morgan fingerprint density at radius 3 is 3.04 bits per heavy atom. The molecule has 1 saturated heterocycles. The predicted octanol–water partition coefficient (Wildman–Crippen LogP) is 2.22. The Labute approximate surface area is 148 Å². The van der Waals surface area contributed by atoms with Crippen LogP contribution in [0.1, 0.15) is 18.5 Å². The molecule has 1 aliphatic heterocycles. The zero-order valence-electron chi connectivity index (χ0n) is 14.9. The molecule has 0 saturated carbocycles. The molecule has 1 aliphatic rings. The number of aromatic amines is 1. The summed E-state index contributed by atoms with van der Waals surface area (Å²) in [6.07, 6.45) is 3.86. The molecular weight excluding hydrogens is 316 g/mol. The molecule has 1 aromatic heterocycles. The van der Waals surface area contributed by atoms with Gasteiger partial charge in [-0.2, -0.15) is 5.10 Å². The van der Waals surface area contributed by atoms with Crippen molar-refractivity contribution in [2.24, 2.45) is 5.92 Å². The molecule has 6 heteroatoms. The number of aromatic nitrogens is 2. The third kappa shape index (κ3) is 4.39. The number of nitrogens with zero attached hydrogens (tertiary/aromatic N) is 2. The Balaban J connectivity index is 1.52. The lowest BCUT2D eigenvalue weighted by atomic mass is 9.98. The van der Waals surface area contributed by atoms with Gasteiger partial charge in [-0.05, 0) is 44.0 Å². The van der Waals surface area contributed by atoms with Crippen LogP contribution in [0.4, 0.5) is 0 Å². The van der Waals surface area contributed by atoms with E-state index in [-0.39, 0.29) is 11.8 Å². The molecule has 0 aliphatic carbocycles. The fourth-order valence-corrected chi connectivity index (χ4v) is 3.18. The summed E-state index contributed by atoms with van der Waals surface area (Å²) in [6.45, 7) is 4.87. The molecular formula is C19H26N4O2. The number of benzene rings is 1. The highest BCUT2D eigenvalue weighted by Gasteiger charge is 2.23. The molecule has 0 radical (unpaired) electrons. The number of H-pyrrole nitrogens is 1. The van der Waals surface area contributed by atoms with Gasteiger partial charge in [-0.25, -0.2) is 0 Å². The zero-order chi connectivity index (χ0) is 17.6. The van der Waals surface area contributed by atoms with Gasteiger partial charge in [-0.3, -0.25) is 9.89 Å². The molecule has 0 unspecified atom stereocenters. The number of amides is 1. The van der Waals surface area contributed by atoms with E-state index in [9.17, 15) is 4.79 Å². The van der Waals surface area contributed by atoms with Crippen molar-refractivity contribution in [3.8, 4) is 16.9 Å². The molecule has 2 aromatic rings. The lowest BCUT2D eigenvalue weighted by molar-refractivity contribution is -0.135. The summed E-state index contributed by atoms with van der Waals surface area (Å²) in [5.74, 6) is 1.11. The van der Waals surface area contributed by atoms with Crippen LogP contribution in [0.25, 0.3) is 11.1 Å². The van der Waals surface area contributed by atoms with Gasteiger partial charge in [0, 0.05) is 24.8 Å². The van der Waals surface area contributed by atoms with E-state index >= 15 is 0 Å². The van der Waals surface area contributed by atoms with Crippen molar-refractivity contribution in [1.82, 2.24) is 20.4 Å². The van der Waals surface area contributed by atoms with E-state index in [1.165, 1.54) is 0 Å². The largest absolute Gasteiger partial charge is 0.492 e. The molecule has 0 spiro atoms. The summed E-state index contributed by atoms with van der Waals surface area (Å²) in [6, 6.07) is 7.95. The van der Waals surface area contributed by atoms with E-state index in [1.807, 2.05) is 44.4 Å². The van der Waals surface area contributed by atoms with Crippen LogP contribution >= 0.6 is 0 Å². The minimum Gasteiger partial charge on any atom is -0.492 e. The second-order valence-electron chi connectivity index (χ2n) is 6.59. The first kappa shape index (κ1) is 17.5. The Hall–Kier alpha value is -2.34. The molecule has 0 bridgehead atoms. The van der Waals surface area contributed by atoms with Crippen LogP contribution in [0.5, 0.6) is 5.75 Å². The summed E-state index contributed by atoms with van der Waals surface area (Å²) in [5.41, 5.74) is 3.17. The SMILES string of the molecule is Cc1[nH]ncc1-c1cccc(OCCN(C)C(=O)[C@H]2CCCNC2)c1. The number of hydrogen-bond donors (Lipinski definition) is 2. The van der Waals surface area contributed by atoms with Gasteiger partial charge in [0.25, 0.3) is 0 Å². The number of nitrogens with one attached hydrogen (secondary N) is 2. The van der Waals surface area contributed by atoms with Gasteiger partial charge in [0.2, 0.25) is 5.91 Å². The Morgan fingerprint density at radius 1 is 1.44 bits per heavy atom. The minimum absolute atomic E-state index is 0.103. The van der Waals surface area contributed by atoms with Crippen molar-refractivity contribution < 1.29 is 9.53 Å². The Morgan fingerprint density at radius 2 is 2.32 bits per heavy atom. The highest BCUT2D eigenvalue weighted by Crippen LogP contribution is 2.25. The van der Waals surface area contributed by atoms with Crippen molar-refractivity contribution in [3.63, 3.8) is 0 Å². The van der Waals surface area contributed by atoms with Crippen LogP contribution < -0.4 is 10.1 Å². The van der Waals surface area contributed by atoms with Gasteiger partial charge in [0.1, 0.15) is 12.4 Å². The number of carbonyl (C=O) groups is 1. The standard InChI is InChI=1S/C19H26N4O2/c1-14-18(13-21-22-14)15-5-3-7-17(11-15)25-10-9-23(2)19(24)16-6-4-8-20-12-16/h3,5,7,11,13,16,20H,4,6,8-10,12H2,1-2H3,(H,21,22)/t16-/m0/s1. The fourth-order valence-electron chi connectivity index (χ4n) is 3.18. The van der Waals surface area contributed by atoms with E-state index < -0.39 is 0 Å². The highest BCUT2D eigenvalue weighted by atomic mass is 16.5. The van der Waals surface area contributed by atoms with Crippen LogP contribution in [0.3, 0.4) is 0 Å². The van der Waals surface area contributed by atoms with E-state index in [1.54, 1.807) is 4.90 Å². The first-order valence-electron chi connectivity index (χ1n) is 8.84. The van der Waals surface area contributed by atoms with E-state index in [0.29, 0.717) is 13.2 Å². The number of aryl methyl sites for hydroxylation is 1. The van der Waals surface area contributed by atoms with Crippen LogP contribution in [0.15, 0.2) is 30.5 Å². The lowest BCUT2D eigenvalue weighted by Gasteiger charge is -2.27. The Bertz CT molecular complexity index is 707. The maximum absolute atomic E-state index is 12.4. The van der Waals surface area contributed by atoms with Crippen LogP contribution in [-0.2, 0) is 4.79 Å². The summed E-state index contributed by atoms with van der Waals surface area (Å²) in [4.78, 5) is 14.2. The van der Waals surface area contributed by atoms with Crippen molar-refractivity contribution in [2.75, 3.05) is 33.3 Å². The lowest BCUT2D eigenvalue weighted by Crippen LogP contribution is -2.42. The van der Waals surface area contributed by atoms with E-state index in [2.05, 4.69) is 15.5 Å². The molecule has 2 N–H and O–H groups in total. The van der Waals surface area contributed by atoms with E-state index in [0.717, 1.165) is 48.5 Å². The number of rotatable bonds is 6. The average Bonchev–Trinajstić information content (AvgIpc) is 3.08. The Kier molecular flexibility index (Phi) is 5.71. The third-order valence-electron chi connectivity index (χ3n) is 4.69. The predicted molar refractivity (Wildman–Crippen MR) is 97.5 cm³/mol. The number of likely N-dealkylation sites (N-methyl/N-ethyl adjacent to an activating group) is 1. The van der Waals surface area contributed by atoms with Gasteiger partial charge in [0.05, 0.1) is 18.7 Å². The molecule has 2 heterocycles. The quantitative estimate of drug-likeness (QED) is 0.844. The van der Waals surface area contributed by atoms with Crippen LogP contribution in [0.2, 0.25) is 0 Å².